The fraction of sp³-hybridized carbons (Fsp3) is 0.500. The third kappa shape index (κ3) is 2.27. The van der Waals surface area contributed by atoms with Gasteiger partial charge in [0, 0.05) is 32.2 Å². The molecule has 88 valence electrons. The number of hydrogen-bond acceptors (Lipinski definition) is 3. The van der Waals surface area contributed by atoms with Crippen LogP contribution in [0.25, 0.3) is 0 Å². The van der Waals surface area contributed by atoms with Crippen LogP contribution in [0.5, 0.6) is 5.75 Å². The molecular formula is C12H17FN2O. The van der Waals surface area contributed by atoms with E-state index in [1.54, 1.807) is 19.2 Å². The van der Waals surface area contributed by atoms with Crippen LogP contribution in [-0.2, 0) is 0 Å². The fourth-order valence-electron chi connectivity index (χ4n) is 1.91. The van der Waals surface area contributed by atoms with E-state index in [-0.39, 0.29) is 5.82 Å². The van der Waals surface area contributed by atoms with Crippen LogP contribution in [0.1, 0.15) is 0 Å². The molecule has 1 aromatic rings. The van der Waals surface area contributed by atoms with Gasteiger partial charge in [0.1, 0.15) is 11.6 Å². The van der Waals surface area contributed by atoms with Gasteiger partial charge < -0.3 is 14.5 Å². The normalized spacial score (nSPS) is 17.6. The SMILES string of the molecule is COc1ccc(F)c(N2CCN(C)CC2)c1. The number of nitrogens with zero attached hydrogens (tertiary/aromatic N) is 2. The molecule has 16 heavy (non-hydrogen) atoms. The zero-order chi connectivity index (χ0) is 11.5. The Balaban J connectivity index is 2.19. The average Bonchev–Trinajstić information content (AvgIpc) is 2.31. The van der Waals surface area contributed by atoms with Gasteiger partial charge in [-0.2, -0.15) is 0 Å². The Kier molecular flexibility index (Phi) is 3.29. The zero-order valence-electron chi connectivity index (χ0n) is 9.74. The van der Waals surface area contributed by atoms with E-state index in [0.29, 0.717) is 11.4 Å². The third-order valence-electron chi connectivity index (χ3n) is 3.00. The van der Waals surface area contributed by atoms with Crippen LogP contribution in [0.3, 0.4) is 0 Å². The second-order valence-corrected chi connectivity index (χ2v) is 4.11. The zero-order valence-corrected chi connectivity index (χ0v) is 9.74. The smallest absolute Gasteiger partial charge is 0.146 e. The van der Waals surface area contributed by atoms with Gasteiger partial charge in [0.25, 0.3) is 0 Å². The number of anilines is 1. The summed E-state index contributed by atoms with van der Waals surface area (Å²) in [5.41, 5.74) is 0.646. The molecule has 1 heterocycles. The number of piperazine rings is 1. The van der Waals surface area contributed by atoms with Crippen molar-refractivity contribution in [3.8, 4) is 5.75 Å². The fourth-order valence-corrected chi connectivity index (χ4v) is 1.91. The van der Waals surface area contributed by atoms with Crippen LogP contribution < -0.4 is 9.64 Å². The molecule has 4 heteroatoms. The van der Waals surface area contributed by atoms with Crippen molar-refractivity contribution < 1.29 is 9.13 Å². The topological polar surface area (TPSA) is 15.7 Å². The first-order valence-corrected chi connectivity index (χ1v) is 5.48. The van der Waals surface area contributed by atoms with Gasteiger partial charge in [-0.15, -0.1) is 0 Å². The van der Waals surface area contributed by atoms with E-state index >= 15 is 0 Å². The molecule has 0 radical (unpaired) electrons. The van der Waals surface area contributed by atoms with E-state index in [1.165, 1.54) is 6.07 Å². The maximum absolute atomic E-state index is 13.7. The second-order valence-electron chi connectivity index (χ2n) is 4.11. The monoisotopic (exact) mass is 224 g/mol. The highest BCUT2D eigenvalue weighted by molar-refractivity contribution is 5.52. The molecule has 0 unspecified atom stereocenters. The molecule has 1 saturated heterocycles. The molecule has 2 rings (SSSR count). The summed E-state index contributed by atoms with van der Waals surface area (Å²) >= 11 is 0. The lowest BCUT2D eigenvalue weighted by Crippen LogP contribution is -2.44. The van der Waals surface area contributed by atoms with Crippen LogP contribution in [0.2, 0.25) is 0 Å². The first-order chi connectivity index (χ1) is 7.70. The highest BCUT2D eigenvalue weighted by Gasteiger charge is 2.17. The van der Waals surface area contributed by atoms with Crippen molar-refractivity contribution in [2.45, 2.75) is 0 Å². The molecule has 0 aromatic heterocycles. The van der Waals surface area contributed by atoms with E-state index in [2.05, 4.69) is 16.8 Å². The minimum atomic E-state index is -0.176. The summed E-state index contributed by atoms with van der Waals surface area (Å²) in [5, 5.41) is 0. The lowest BCUT2D eigenvalue weighted by Gasteiger charge is -2.34. The minimum Gasteiger partial charge on any atom is -0.497 e. The van der Waals surface area contributed by atoms with E-state index in [4.69, 9.17) is 4.74 Å². The first kappa shape index (κ1) is 11.2. The average molecular weight is 224 g/mol. The Hall–Kier alpha value is -1.29. The van der Waals surface area contributed by atoms with Gasteiger partial charge in [-0.05, 0) is 19.2 Å². The Bertz CT molecular complexity index is 362. The van der Waals surface area contributed by atoms with Crippen molar-refractivity contribution >= 4 is 5.69 Å². The van der Waals surface area contributed by atoms with Gasteiger partial charge in [0.2, 0.25) is 0 Å². The number of halogens is 1. The Morgan fingerprint density at radius 1 is 1.19 bits per heavy atom. The lowest BCUT2D eigenvalue weighted by molar-refractivity contribution is 0.311. The van der Waals surface area contributed by atoms with Crippen LogP contribution >= 0.6 is 0 Å². The molecule has 0 bridgehead atoms. The van der Waals surface area contributed by atoms with E-state index < -0.39 is 0 Å². The summed E-state index contributed by atoms with van der Waals surface area (Å²) in [7, 11) is 3.68. The molecular weight excluding hydrogens is 207 g/mol. The number of hydrogen-bond donors (Lipinski definition) is 0. The molecule has 1 aliphatic rings. The highest BCUT2D eigenvalue weighted by Crippen LogP contribution is 2.25. The summed E-state index contributed by atoms with van der Waals surface area (Å²) in [6.45, 7) is 3.66. The van der Waals surface area contributed by atoms with Gasteiger partial charge in [0.15, 0.2) is 0 Å². The summed E-state index contributed by atoms with van der Waals surface area (Å²) in [6.07, 6.45) is 0. The third-order valence-corrected chi connectivity index (χ3v) is 3.00. The van der Waals surface area contributed by atoms with E-state index in [0.717, 1.165) is 26.2 Å². The van der Waals surface area contributed by atoms with Crippen molar-refractivity contribution in [2.75, 3.05) is 45.2 Å². The van der Waals surface area contributed by atoms with Gasteiger partial charge in [-0.1, -0.05) is 0 Å². The maximum Gasteiger partial charge on any atom is 0.146 e. The molecule has 1 fully saturated rings. The van der Waals surface area contributed by atoms with Gasteiger partial charge in [0.05, 0.1) is 12.8 Å². The lowest BCUT2D eigenvalue weighted by atomic mass is 10.2. The molecule has 0 atom stereocenters. The number of rotatable bonds is 2. The molecule has 1 aliphatic heterocycles. The standard InChI is InChI=1S/C12H17FN2O/c1-14-5-7-15(8-6-14)12-9-10(16-2)3-4-11(12)13/h3-4,9H,5-8H2,1-2H3. The summed E-state index contributed by atoms with van der Waals surface area (Å²) in [5.74, 6) is 0.528. The maximum atomic E-state index is 13.7. The quantitative estimate of drug-likeness (QED) is 0.758. The molecule has 0 aliphatic carbocycles. The number of methoxy groups -OCH3 is 1. The summed E-state index contributed by atoms with van der Waals surface area (Å²) < 4.78 is 18.8. The van der Waals surface area contributed by atoms with Crippen molar-refractivity contribution in [3.63, 3.8) is 0 Å². The number of likely N-dealkylation sites (N-methyl/N-ethyl adjacent to an activating group) is 1. The largest absolute Gasteiger partial charge is 0.497 e. The van der Waals surface area contributed by atoms with Crippen molar-refractivity contribution in [3.05, 3.63) is 24.0 Å². The predicted octanol–water partition coefficient (Wildman–Crippen LogP) is 1.59. The molecule has 0 N–H and O–H groups in total. The highest BCUT2D eigenvalue weighted by atomic mass is 19.1. The number of ether oxygens (including phenoxy) is 1. The number of benzene rings is 1. The van der Waals surface area contributed by atoms with E-state index in [1.807, 2.05) is 0 Å². The predicted molar refractivity (Wildman–Crippen MR) is 62.7 cm³/mol. The van der Waals surface area contributed by atoms with Crippen LogP contribution in [0.4, 0.5) is 10.1 Å². The van der Waals surface area contributed by atoms with Crippen molar-refractivity contribution in [1.82, 2.24) is 4.90 Å². The van der Waals surface area contributed by atoms with E-state index in [9.17, 15) is 4.39 Å². The molecule has 1 aromatic carbocycles. The molecule has 3 nitrogen and oxygen atoms in total. The summed E-state index contributed by atoms with van der Waals surface area (Å²) in [4.78, 5) is 4.31. The Morgan fingerprint density at radius 2 is 1.88 bits per heavy atom. The van der Waals surface area contributed by atoms with Crippen molar-refractivity contribution in [2.24, 2.45) is 0 Å². The first-order valence-electron chi connectivity index (χ1n) is 5.48. The Morgan fingerprint density at radius 3 is 2.50 bits per heavy atom. The second kappa shape index (κ2) is 4.70. The minimum absolute atomic E-state index is 0.176. The van der Waals surface area contributed by atoms with Crippen LogP contribution in [0.15, 0.2) is 18.2 Å². The summed E-state index contributed by atoms with van der Waals surface area (Å²) in [6, 6.07) is 4.88. The van der Waals surface area contributed by atoms with Crippen LogP contribution in [0, 0.1) is 5.82 Å². The molecule has 0 saturated carbocycles. The Labute approximate surface area is 95.4 Å². The van der Waals surface area contributed by atoms with Gasteiger partial charge >= 0.3 is 0 Å². The van der Waals surface area contributed by atoms with Crippen LogP contribution in [-0.4, -0.2) is 45.2 Å². The molecule has 0 spiro atoms. The van der Waals surface area contributed by atoms with Gasteiger partial charge in [-0.3, -0.25) is 0 Å². The van der Waals surface area contributed by atoms with Crippen molar-refractivity contribution in [1.29, 1.82) is 0 Å². The molecule has 0 amide bonds. The van der Waals surface area contributed by atoms with Gasteiger partial charge in [-0.25, -0.2) is 4.39 Å².